The van der Waals surface area contributed by atoms with E-state index in [-0.39, 0.29) is 0 Å². The van der Waals surface area contributed by atoms with Crippen LogP contribution in [0.15, 0.2) is 36.4 Å². The number of nitrogens with zero attached hydrogens (tertiary/aromatic N) is 3. The highest BCUT2D eigenvalue weighted by molar-refractivity contribution is 5.62. The van der Waals surface area contributed by atoms with Crippen molar-refractivity contribution < 1.29 is 0 Å². The monoisotopic (exact) mass is 253 g/mol. The summed E-state index contributed by atoms with van der Waals surface area (Å²) in [5.74, 6) is 1.92. The molecule has 0 spiro atoms. The zero-order chi connectivity index (χ0) is 13.1. The highest BCUT2D eigenvalue weighted by Gasteiger charge is 2.14. The van der Waals surface area contributed by atoms with Crippen LogP contribution in [0.5, 0.6) is 0 Å². The van der Waals surface area contributed by atoms with Crippen LogP contribution in [0.2, 0.25) is 0 Å². The summed E-state index contributed by atoms with van der Waals surface area (Å²) in [6, 6.07) is 12.4. The lowest BCUT2D eigenvalue weighted by atomic mass is 10.1. The van der Waals surface area contributed by atoms with Crippen LogP contribution in [0.4, 0.5) is 5.82 Å². The lowest BCUT2D eigenvalue weighted by Crippen LogP contribution is -2.30. The van der Waals surface area contributed by atoms with E-state index in [2.05, 4.69) is 33.1 Å². The molecule has 1 saturated heterocycles. The molecule has 0 radical (unpaired) electrons. The molecule has 2 heterocycles. The lowest BCUT2D eigenvalue weighted by Gasteiger charge is -2.28. The number of aromatic nitrogens is 2. The molecule has 98 valence electrons. The average Bonchev–Trinajstić information content (AvgIpc) is 2.48. The van der Waals surface area contributed by atoms with Crippen LogP contribution in [-0.4, -0.2) is 23.1 Å². The van der Waals surface area contributed by atoms with E-state index < -0.39 is 0 Å². The maximum Gasteiger partial charge on any atom is 0.132 e. The van der Waals surface area contributed by atoms with E-state index in [1.54, 1.807) is 0 Å². The Balaban J connectivity index is 1.96. The molecular weight excluding hydrogens is 234 g/mol. The van der Waals surface area contributed by atoms with Crippen molar-refractivity contribution in [3.05, 3.63) is 42.2 Å². The van der Waals surface area contributed by atoms with Gasteiger partial charge in [-0.3, -0.25) is 0 Å². The van der Waals surface area contributed by atoms with Gasteiger partial charge in [-0.1, -0.05) is 30.3 Å². The molecule has 0 N–H and O–H groups in total. The fourth-order valence-electron chi connectivity index (χ4n) is 2.59. The Morgan fingerprint density at radius 1 is 0.947 bits per heavy atom. The van der Waals surface area contributed by atoms with Gasteiger partial charge in [0, 0.05) is 24.7 Å². The minimum absolute atomic E-state index is 0.849. The Hall–Kier alpha value is -1.90. The van der Waals surface area contributed by atoms with Gasteiger partial charge in [0.25, 0.3) is 0 Å². The third-order valence-electron chi connectivity index (χ3n) is 3.57. The van der Waals surface area contributed by atoms with Crippen LogP contribution in [0, 0.1) is 6.92 Å². The van der Waals surface area contributed by atoms with E-state index in [1.165, 1.54) is 19.3 Å². The van der Waals surface area contributed by atoms with Crippen LogP contribution >= 0.6 is 0 Å². The molecule has 0 bridgehead atoms. The summed E-state index contributed by atoms with van der Waals surface area (Å²) in [6.45, 7) is 4.20. The largest absolute Gasteiger partial charge is 0.356 e. The summed E-state index contributed by atoms with van der Waals surface area (Å²) in [5, 5.41) is 0. The van der Waals surface area contributed by atoms with Crippen LogP contribution in [0.1, 0.15) is 25.1 Å². The minimum atomic E-state index is 0.849. The van der Waals surface area contributed by atoms with Gasteiger partial charge in [0.1, 0.15) is 11.6 Å². The molecule has 0 unspecified atom stereocenters. The Labute approximate surface area is 114 Å². The molecular formula is C16H19N3. The van der Waals surface area contributed by atoms with Gasteiger partial charge in [-0.15, -0.1) is 0 Å². The number of aryl methyl sites for hydroxylation is 1. The molecule has 3 rings (SSSR count). The summed E-state index contributed by atoms with van der Waals surface area (Å²) >= 11 is 0. The Morgan fingerprint density at radius 3 is 2.42 bits per heavy atom. The third-order valence-corrected chi connectivity index (χ3v) is 3.57. The zero-order valence-electron chi connectivity index (χ0n) is 11.3. The zero-order valence-corrected chi connectivity index (χ0v) is 11.3. The minimum Gasteiger partial charge on any atom is -0.356 e. The molecule has 0 amide bonds. The third kappa shape index (κ3) is 2.75. The first-order chi connectivity index (χ1) is 9.33. The maximum atomic E-state index is 4.60. The van der Waals surface area contributed by atoms with Crippen LogP contribution in [-0.2, 0) is 0 Å². The maximum absolute atomic E-state index is 4.60. The average molecular weight is 253 g/mol. The first-order valence-corrected chi connectivity index (χ1v) is 6.99. The van der Waals surface area contributed by atoms with Crippen LogP contribution < -0.4 is 4.90 Å². The van der Waals surface area contributed by atoms with Crippen LogP contribution in [0.3, 0.4) is 0 Å². The van der Waals surface area contributed by atoms with Crippen molar-refractivity contribution in [2.24, 2.45) is 0 Å². The van der Waals surface area contributed by atoms with Gasteiger partial charge >= 0.3 is 0 Å². The predicted molar refractivity (Wildman–Crippen MR) is 78.3 cm³/mol. The fraction of sp³-hybridized carbons (Fsp3) is 0.375. The van der Waals surface area contributed by atoms with Crippen molar-refractivity contribution >= 4 is 5.82 Å². The second kappa shape index (κ2) is 5.39. The van der Waals surface area contributed by atoms with Crippen molar-refractivity contribution in [3.63, 3.8) is 0 Å². The molecule has 3 heteroatoms. The van der Waals surface area contributed by atoms with Crippen molar-refractivity contribution in [2.45, 2.75) is 26.2 Å². The summed E-state index contributed by atoms with van der Waals surface area (Å²) < 4.78 is 0. The Kier molecular flexibility index (Phi) is 3.45. The standard InChI is InChI=1S/C16H19N3/c1-13-17-15(14-8-4-2-5-9-14)12-16(18-13)19-10-6-3-7-11-19/h2,4-5,8-9,12H,3,6-7,10-11H2,1H3. The SMILES string of the molecule is Cc1nc(-c2ccccc2)cc(N2CCCCC2)n1. The van der Waals surface area contributed by atoms with Gasteiger partial charge in [-0.05, 0) is 26.2 Å². The van der Waals surface area contributed by atoms with Crippen molar-refractivity contribution in [1.82, 2.24) is 9.97 Å². The summed E-state index contributed by atoms with van der Waals surface area (Å²) in [5.41, 5.74) is 2.18. The molecule has 0 aliphatic carbocycles. The number of anilines is 1. The summed E-state index contributed by atoms with van der Waals surface area (Å²) in [6.07, 6.45) is 3.87. The molecule has 1 aromatic carbocycles. The number of benzene rings is 1. The smallest absolute Gasteiger partial charge is 0.132 e. The molecule has 3 nitrogen and oxygen atoms in total. The first kappa shape index (κ1) is 12.2. The highest BCUT2D eigenvalue weighted by atomic mass is 15.2. The molecule has 1 aromatic heterocycles. The number of piperidine rings is 1. The molecule has 1 fully saturated rings. The van der Waals surface area contributed by atoms with Crippen molar-refractivity contribution in [1.29, 1.82) is 0 Å². The highest BCUT2D eigenvalue weighted by Crippen LogP contribution is 2.23. The first-order valence-electron chi connectivity index (χ1n) is 6.99. The summed E-state index contributed by atoms with van der Waals surface area (Å²) in [7, 11) is 0. The van der Waals surface area contributed by atoms with Gasteiger partial charge in [-0.2, -0.15) is 0 Å². The van der Waals surface area contributed by atoms with E-state index in [9.17, 15) is 0 Å². The Morgan fingerprint density at radius 2 is 1.68 bits per heavy atom. The van der Waals surface area contributed by atoms with E-state index in [0.29, 0.717) is 0 Å². The lowest BCUT2D eigenvalue weighted by molar-refractivity contribution is 0.572. The van der Waals surface area contributed by atoms with E-state index in [1.807, 2.05) is 25.1 Å². The topological polar surface area (TPSA) is 29.0 Å². The normalized spacial score (nSPS) is 15.5. The molecule has 0 saturated carbocycles. The molecule has 1 aliphatic heterocycles. The number of hydrogen-bond acceptors (Lipinski definition) is 3. The van der Waals surface area contributed by atoms with E-state index in [4.69, 9.17) is 0 Å². The number of hydrogen-bond donors (Lipinski definition) is 0. The van der Waals surface area contributed by atoms with Gasteiger partial charge < -0.3 is 4.90 Å². The number of rotatable bonds is 2. The van der Waals surface area contributed by atoms with Crippen molar-refractivity contribution in [2.75, 3.05) is 18.0 Å². The van der Waals surface area contributed by atoms with Gasteiger partial charge in [0.15, 0.2) is 0 Å². The van der Waals surface area contributed by atoms with Crippen molar-refractivity contribution in [3.8, 4) is 11.3 Å². The molecule has 19 heavy (non-hydrogen) atoms. The molecule has 0 atom stereocenters. The van der Waals surface area contributed by atoms with E-state index in [0.717, 1.165) is 36.0 Å². The van der Waals surface area contributed by atoms with Gasteiger partial charge in [0.05, 0.1) is 5.69 Å². The Bertz CT molecular complexity index is 545. The molecule has 2 aromatic rings. The predicted octanol–water partition coefficient (Wildman–Crippen LogP) is 3.44. The van der Waals surface area contributed by atoms with E-state index >= 15 is 0 Å². The second-order valence-corrected chi connectivity index (χ2v) is 5.07. The second-order valence-electron chi connectivity index (χ2n) is 5.07. The van der Waals surface area contributed by atoms with Crippen LogP contribution in [0.25, 0.3) is 11.3 Å². The van der Waals surface area contributed by atoms with Gasteiger partial charge in [-0.25, -0.2) is 9.97 Å². The van der Waals surface area contributed by atoms with Gasteiger partial charge in [0.2, 0.25) is 0 Å². The molecule has 1 aliphatic rings. The fourth-order valence-corrected chi connectivity index (χ4v) is 2.59. The quantitative estimate of drug-likeness (QED) is 0.821. The summed E-state index contributed by atoms with van der Waals surface area (Å²) in [4.78, 5) is 11.5.